The van der Waals surface area contributed by atoms with Crippen LogP contribution in [-0.2, 0) is 6.54 Å². The Kier molecular flexibility index (Phi) is 6.14. The van der Waals surface area contributed by atoms with E-state index in [2.05, 4.69) is 12.2 Å². The van der Waals surface area contributed by atoms with Crippen molar-refractivity contribution >= 4 is 11.6 Å². The van der Waals surface area contributed by atoms with Crippen molar-refractivity contribution in [1.82, 2.24) is 5.32 Å². The summed E-state index contributed by atoms with van der Waals surface area (Å²) in [6.07, 6.45) is 4.57. The predicted octanol–water partition coefficient (Wildman–Crippen LogP) is 3.52. The Balaban J connectivity index is 2.01. The van der Waals surface area contributed by atoms with Crippen molar-refractivity contribution < 1.29 is 9.84 Å². The van der Waals surface area contributed by atoms with Crippen LogP contribution in [0.1, 0.15) is 44.6 Å². The SMILES string of the molecule is CCNCc1ccc(OC2CCCCCC2O)c(Cl)c1. The fraction of sp³-hybridized carbons (Fsp3) is 0.625. The van der Waals surface area contributed by atoms with Crippen LogP contribution in [0.4, 0.5) is 0 Å². The number of ether oxygens (including phenoxy) is 1. The van der Waals surface area contributed by atoms with Crippen molar-refractivity contribution in [3.05, 3.63) is 28.8 Å². The minimum absolute atomic E-state index is 0.130. The van der Waals surface area contributed by atoms with Crippen LogP contribution < -0.4 is 10.1 Å². The Morgan fingerprint density at radius 1 is 1.30 bits per heavy atom. The van der Waals surface area contributed by atoms with Gasteiger partial charge < -0.3 is 15.2 Å². The average molecular weight is 298 g/mol. The molecule has 0 bridgehead atoms. The minimum Gasteiger partial charge on any atom is -0.486 e. The molecule has 1 aromatic rings. The molecule has 20 heavy (non-hydrogen) atoms. The van der Waals surface area contributed by atoms with Crippen molar-refractivity contribution in [3.63, 3.8) is 0 Å². The molecule has 0 heterocycles. The second-order valence-electron chi connectivity index (χ2n) is 5.41. The van der Waals surface area contributed by atoms with Gasteiger partial charge in [0, 0.05) is 6.54 Å². The fourth-order valence-corrected chi connectivity index (χ4v) is 2.82. The lowest BCUT2D eigenvalue weighted by molar-refractivity contribution is 0.0320. The zero-order valence-electron chi connectivity index (χ0n) is 12.1. The van der Waals surface area contributed by atoms with Gasteiger partial charge in [0.15, 0.2) is 0 Å². The number of aliphatic hydroxyl groups is 1. The summed E-state index contributed by atoms with van der Waals surface area (Å²) in [6.45, 7) is 3.82. The van der Waals surface area contributed by atoms with E-state index in [4.69, 9.17) is 16.3 Å². The largest absolute Gasteiger partial charge is 0.486 e. The normalized spacial score (nSPS) is 23.4. The minimum atomic E-state index is -0.380. The molecular weight excluding hydrogens is 274 g/mol. The zero-order valence-corrected chi connectivity index (χ0v) is 12.8. The van der Waals surface area contributed by atoms with Gasteiger partial charge in [0.05, 0.1) is 11.1 Å². The Labute approximate surface area is 126 Å². The predicted molar refractivity (Wildman–Crippen MR) is 82.3 cm³/mol. The first-order chi connectivity index (χ1) is 9.70. The molecule has 0 aromatic heterocycles. The van der Waals surface area contributed by atoms with Gasteiger partial charge in [0.2, 0.25) is 0 Å². The topological polar surface area (TPSA) is 41.5 Å². The van der Waals surface area contributed by atoms with Crippen molar-refractivity contribution in [2.24, 2.45) is 0 Å². The third-order valence-corrected chi connectivity index (χ3v) is 4.07. The van der Waals surface area contributed by atoms with Gasteiger partial charge in [-0.2, -0.15) is 0 Å². The number of benzene rings is 1. The molecule has 2 unspecified atom stereocenters. The van der Waals surface area contributed by atoms with Crippen LogP contribution in [0, 0.1) is 0 Å². The molecule has 0 radical (unpaired) electrons. The van der Waals surface area contributed by atoms with Gasteiger partial charge in [-0.05, 0) is 43.5 Å². The van der Waals surface area contributed by atoms with Gasteiger partial charge in [-0.3, -0.25) is 0 Å². The highest BCUT2D eigenvalue weighted by atomic mass is 35.5. The molecular formula is C16H24ClNO2. The van der Waals surface area contributed by atoms with E-state index in [0.717, 1.165) is 44.3 Å². The summed E-state index contributed by atoms with van der Waals surface area (Å²) in [6, 6.07) is 5.86. The molecule has 1 saturated carbocycles. The highest BCUT2D eigenvalue weighted by Crippen LogP contribution is 2.29. The number of halogens is 1. The standard InChI is InChI=1S/C16H24ClNO2/c1-2-18-11-12-8-9-15(13(17)10-12)20-16-7-5-3-4-6-14(16)19/h8-10,14,16,18-19H,2-7,11H2,1H3. The number of aliphatic hydroxyl groups excluding tert-OH is 1. The summed E-state index contributed by atoms with van der Waals surface area (Å²) in [4.78, 5) is 0. The Bertz CT molecular complexity index is 425. The summed E-state index contributed by atoms with van der Waals surface area (Å²) >= 11 is 6.28. The molecule has 4 heteroatoms. The highest BCUT2D eigenvalue weighted by molar-refractivity contribution is 6.32. The first-order valence-electron chi connectivity index (χ1n) is 7.54. The van der Waals surface area contributed by atoms with Crippen LogP contribution in [0.25, 0.3) is 0 Å². The van der Waals surface area contributed by atoms with E-state index in [-0.39, 0.29) is 12.2 Å². The van der Waals surface area contributed by atoms with Gasteiger partial charge >= 0.3 is 0 Å². The summed E-state index contributed by atoms with van der Waals surface area (Å²) in [7, 11) is 0. The van der Waals surface area contributed by atoms with Crippen LogP contribution in [-0.4, -0.2) is 23.9 Å². The molecule has 3 nitrogen and oxygen atoms in total. The van der Waals surface area contributed by atoms with Crippen molar-refractivity contribution in [2.75, 3.05) is 6.54 Å². The van der Waals surface area contributed by atoms with E-state index >= 15 is 0 Å². The van der Waals surface area contributed by atoms with E-state index in [9.17, 15) is 5.11 Å². The molecule has 2 atom stereocenters. The lowest BCUT2D eigenvalue weighted by atomic mass is 10.1. The maximum Gasteiger partial charge on any atom is 0.138 e. The van der Waals surface area contributed by atoms with Crippen LogP contribution >= 0.6 is 11.6 Å². The molecule has 1 fully saturated rings. The smallest absolute Gasteiger partial charge is 0.138 e. The third-order valence-electron chi connectivity index (χ3n) is 3.77. The van der Waals surface area contributed by atoms with Crippen LogP contribution in [0.15, 0.2) is 18.2 Å². The van der Waals surface area contributed by atoms with E-state index in [1.54, 1.807) is 0 Å². The maximum absolute atomic E-state index is 10.1. The van der Waals surface area contributed by atoms with Crippen LogP contribution in [0.3, 0.4) is 0 Å². The quantitative estimate of drug-likeness (QED) is 0.817. The molecule has 1 aromatic carbocycles. The van der Waals surface area contributed by atoms with Gasteiger partial charge in [0.1, 0.15) is 11.9 Å². The Morgan fingerprint density at radius 2 is 2.10 bits per heavy atom. The number of hydrogen-bond donors (Lipinski definition) is 2. The van der Waals surface area contributed by atoms with E-state index < -0.39 is 0 Å². The van der Waals surface area contributed by atoms with Crippen molar-refractivity contribution in [3.8, 4) is 5.75 Å². The summed E-state index contributed by atoms with van der Waals surface area (Å²) in [5.41, 5.74) is 1.14. The van der Waals surface area contributed by atoms with E-state index in [1.807, 2.05) is 18.2 Å². The Hall–Kier alpha value is -0.770. The molecule has 0 spiro atoms. The summed E-state index contributed by atoms with van der Waals surface area (Å²) < 4.78 is 5.94. The average Bonchev–Trinajstić information content (AvgIpc) is 2.64. The molecule has 0 amide bonds. The molecule has 1 aliphatic rings. The second kappa shape index (κ2) is 7.87. The number of rotatable bonds is 5. The lowest BCUT2D eigenvalue weighted by Crippen LogP contribution is -2.30. The lowest BCUT2D eigenvalue weighted by Gasteiger charge is -2.22. The molecule has 112 valence electrons. The van der Waals surface area contributed by atoms with Crippen molar-refractivity contribution in [2.45, 2.75) is 57.8 Å². The fourth-order valence-electron chi connectivity index (χ4n) is 2.57. The molecule has 2 N–H and O–H groups in total. The van der Waals surface area contributed by atoms with Gasteiger partial charge in [-0.15, -0.1) is 0 Å². The summed E-state index contributed by atoms with van der Waals surface area (Å²) in [5, 5.41) is 14.0. The maximum atomic E-state index is 10.1. The van der Waals surface area contributed by atoms with Gasteiger partial charge in [0.25, 0.3) is 0 Å². The third kappa shape index (κ3) is 4.37. The van der Waals surface area contributed by atoms with E-state index in [0.29, 0.717) is 10.8 Å². The Morgan fingerprint density at radius 3 is 2.85 bits per heavy atom. The highest BCUT2D eigenvalue weighted by Gasteiger charge is 2.23. The van der Waals surface area contributed by atoms with Gasteiger partial charge in [-0.1, -0.05) is 37.4 Å². The molecule has 0 saturated heterocycles. The molecule has 2 rings (SSSR count). The number of nitrogens with one attached hydrogen (secondary N) is 1. The second-order valence-corrected chi connectivity index (χ2v) is 5.81. The van der Waals surface area contributed by atoms with Gasteiger partial charge in [-0.25, -0.2) is 0 Å². The molecule has 0 aliphatic heterocycles. The summed E-state index contributed by atoms with van der Waals surface area (Å²) in [5.74, 6) is 0.679. The molecule has 1 aliphatic carbocycles. The van der Waals surface area contributed by atoms with E-state index in [1.165, 1.54) is 6.42 Å². The van der Waals surface area contributed by atoms with Crippen LogP contribution in [0.5, 0.6) is 5.75 Å². The number of hydrogen-bond acceptors (Lipinski definition) is 3. The first-order valence-corrected chi connectivity index (χ1v) is 7.92. The van der Waals surface area contributed by atoms with Crippen molar-refractivity contribution in [1.29, 1.82) is 0 Å². The zero-order chi connectivity index (χ0) is 14.4. The monoisotopic (exact) mass is 297 g/mol. The first kappa shape index (κ1) is 15.6. The van der Waals surface area contributed by atoms with Crippen LogP contribution in [0.2, 0.25) is 5.02 Å².